The molecule has 0 saturated carbocycles. The standard InChI is InChI=1S/C20H24O3/c1-13(2)11-16-12-18(9-10-19(16)14(3)4)23-17-7-5-15(6-8-17)20(21)22/h5-10,12-14H,11H2,1-4H3,(H,21,22). The van der Waals surface area contributed by atoms with E-state index in [1.54, 1.807) is 24.3 Å². The molecule has 122 valence electrons. The molecular weight excluding hydrogens is 288 g/mol. The highest BCUT2D eigenvalue weighted by Gasteiger charge is 2.10. The zero-order valence-corrected chi connectivity index (χ0v) is 14.2. The van der Waals surface area contributed by atoms with Gasteiger partial charge in [-0.05, 0) is 65.8 Å². The fourth-order valence-electron chi connectivity index (χ4n) is 2.63. The van der Waals surface area contributed by atoms with Crippen molar-refractivity contribution in [3.8, 4) is 11.5 Å². The van der Waals surface area contributed by atoms with Crippen molar-refractivity contribution >= 4 is 5.97 Å². The van der Waals surface area contributed by atoms with Gasteiger partial charge >= 0.3 is 5.97 Å². The second kappa shape index (κ2) is 7.32. The van der Waals surface area contributed by atoms with Gasteiger partial charge in [0.1, 0.15) is 11.5 Å². The van der Waals surface area contributed by atoms with Crippen LogP contribution in [0.1, 0.15) is 55.1 Å². The van der Waals surface area contributed by atoms with Crippen LogP contribution in [-0.2, 0) is 6.42 Å². The van der Waals surface area contributed by atoms with Crippen molar-refractivity contribution in [3.63, 3.8) is 0 Å². The number of carboxylic acids is 1. The zero-order valence-electron chi connectivity index (χ0n) is 14.2. The molecule has 3 nitrogen and oxygen atoms in total. The number of rotatable bonds is 6. The maximum absolute atomic E-state index is 10.9. The summed E-state index contributed by atoms with van der Waals surface area (Å²) < 4.78 is 5.88. The summed E-state index contributed by atoms with van der Waals surface area (Å²) in [5.41, 5.74) is 2.93. The van der Waals surface area contributed by atoms with Gasteiger partial charge < -0.3 is 9.84 Å². The van der Waals surface area contributed by atoms with Crippen LogP contribution in [0.2, 0.25) is 0 Å². The normalized spacial score (nSPS) is 11.0. The summed E-state index contributed by atoms with van der Waals surface area (Å²) >= 11 is 0. The number of aromatic carboxylic acids is 1. The minimum absolute atomic E-state index is 0.257. The van der Waals surface area contributed by atoms with E-state index < -0.39 is 5.97 Å². The minimum Gasteiger partial charge on any atom is -0.478 e. The first kappa shape index (κ1) is 17.1. The van der Waals surface area contributed by atoms with Gasteiger partial charge in [0.15, 0.2) is 0 Å². The molecule has 3 heteroatoms. The Morgan fingerprint density at radius 3 is 2.13 bits per heavy atom. The van der Waals surface area contributed by atoms with Crippen molar-refractivity contribution < 1.29 is 14.6 Å². The van der Waals surface area contributed by atoms with Crippen LogP contribution in [0.25, 0.3) is 0 Å². The van der Waals surface area contributed by atoms with Gasteiger partial charge in [-0.25, -0.2) is 4.79 Å². The van der Waals surface area contributed by atoms with Crippen molar-refractivity contribution in [3.05, 3.63) is 59.2 Å². The van der Waals surface area contributed by atoms with E-state index >= 15 is 0 Å². The third-order valence-electron chi connectivity index (χ3n) is 3.70. The van der Waals surface area contributed by atoms with Crippen LogP contribution in [0.3, 0.4) is 0 Å². The summed E-state index contributed by atoms with van der Waals surface area (Å²) in [7, 11) is 0. The Balaban J connectivity index is 2.24. The summed E-state index contributed by atoms with van der Waals surface area (Å²) in [5, 5.41) is 8.93. The second-order valence-electron chi connectivity index (χ2n) is 6.54. The maximum atomic E-state index is 10.9. The summed E-state index contributed by atoms with van der Waals surface area (Å²) in [6.45, 7) is 8.82. The van der Waals surface area contributed by atoms with Crippen LogP contribution in [0, 0.1) is 5.92 Å². The minimum atomic E-state index is -0.933. The monoisotopic (exact) mass is 312 g/mol. The number of hydrogen-bond acceptors (Lipinski definition) is 2. The average molecular weight is 312 g/mol. The molecule has 0 aromatic heterocycles. The van der Waals surface area contributed by atoms with Crippen LogP contribution >= 0.6 is 0 Å². The highest BCUT2D eigenvalue weighted by molar-refractivity contribution is 5.87. The van der Waals surface area contributed by atoms with Gasteiger partial charge in [-0.3, -0.25) is 0 Å². The van der Waals surface area contributed by atoms with E-state index in [1.807, 2.05) is 6.07 Å². The predicted octanol–water partition coefficient (Wildman–Crippen LogP) is 5.50. The first-order chi connectivity index (χ1) is 10.9. The Morgan fingerprint density at radius 2 is 1.61 bits per heavy atom. The van der Waals surface area contributed by atoms with Crippen LogP contribution in [-0.4, -0.2) is 11.1 Å². The second-order valence-corrected chi connectivity index (χ2v) is 6.54. The Morgan fingerprint density at radius 1 is 1.00 bits per heavy atom. The molecule has 0 unspecified atom stereocenters. The number of ether oxygens (including phenoxy) is 1. The number of hydrogen-bond donors (Lipinski definition) is 1. The summed E-state index contributed by atoms with van der Waals surface area (Å²) in [6.07, 6.45) is 1.02. The van der Waals surface area contributed by atoms with Gasteiger partial charge in [-0.15, -0.1) is 0 Å². The van der Waals surface area contributed by atoms with E-state index in [2.05, 4.69) is 39.8 Å². The molecule has 2 aromatic carbocycles. The summed E-state index contributed by atoms with van der Waals surface area (Å²) in [6, 6.07) is 12.7. The van der Waals surface area contributed by atoms with Gasteiger partial charge in [-0.1, -0.05) is 33.8 Å². The summed E-state index contributed by atoms with van der Waals surface area (Å²) in [5.74, 6) is 1.55. The molecule has 0 fully saturated rings. The lowest BCUT2D eigenvalue weighted by atomic mass is 9.91. The third-order valence-corrected chi connectivity index (χ3v) is 3.70. The molecule has 0 bridgehead atoms. The lowest BCUT2D eigenvalue weighted by Crippen LogP contribution is -2.01. The smallest absolute Gasteiger partial charge is 0.335 e. The summed E-state index contributed by atoms with van der Waals surface area (Å²) in [4.78, 5) is 10.9. The Kier molecular flexibility index (Phi) is 5.43. The molecule has 0 aliphatic carbocycles. The molecule has 0 aliphatic heterocycles. The Labute approximate surface area is 137 Å². The van der Waals surface area contributed by atoms with Crippen molar-refractivity contribution in [2.24, 2.45) is 5.92 Å². The van der Waals surface area contributed by atoms with Crippen molar-refractivity contribution in [1.29, 1.82) is 0 Å². The fraction of sp³-hybridized carbons (Fsp3) is 0.350. The molecule has 0 heterocycles. The molecule has 0 atom stereocenters. The van der Waals surface area contributed by atoms with Crippen molar-refractivity contribution in [2.75, 3.05) is 0 Å². The van der Waals surface area contributed by atoms with Crippen LogP contribution < -0.4 is 4.74 Å². The number of carboxylic acid groups (broad SMARTS) is 1. The topological polar surface area (TPSA) is 46.5 Å². The van der Waals surface area contributed by atoms with Gasteiger partial charge in [0.05, 0.1) is 5.56 Å². The molecule has 0 radical (unpaired) electrons. The largest absolute Gasteiger partial charge is 0.478 e. The Bertz CT molecular complexity index is 670. The molecule has 0 saturated heterocycles. The molecule has 2 aromatic rings. The van der Waals surface area contributed by atoms with Gasteiger partial charge in [-0.2, -0.15) is 0 Å². The van der Waals surface area contributed by atoms with E-state index in [9.17, 15) is 4.79 Å². The highest BCUT2D eigenvalue weighted by atomic mass is 16.5. The molecule has 1 N–H and O–H groups in total. The molecule has 0 amide bonds. The number of carbonyl (C=O) groups is 1. The quantitative estimate of drug-likeness (QED) is 0.766. The van der Waals surface area contributed by atoms with Crippen molar-refractivity contribution in [2.45, 2.75) is 40.0 Å². The third kappa shape index (κ3) is 4.59. The first-order valence-corrected chi connectivity index (χ1v) is 8.01. The van der Waals surface area contributed by atoms with Gasteiger partial charge in [0, 0.05) is 0 Å². The van der Waals surface area contributed by atoms with E-state index in [-0.39, 0.29) is 5.56 Å². The Hall–Kier alpha value is -2.29. The zero-order chi connectivity index (χ0) is 17.0. The predicted molar refractivity (Wildman–Crippen MR) is 92.5 cm³/mol. The van der Waals surface area contributed by atoms with Crippen LogP contribution in [0.15, 0.2) is 42.5 Å². The van der Waals surface area contributed by atoms with E-state index in [0.717, 1.165) is 12.2 Å². The highest BCUT2D eigenvalue weighted by Crippen LogP contribution is 2.29. The van der Waals surface area contributed by atoms with Gasteiger partial charge in [0.25, 0.3) is 0 Å². The van der Waals surface area contributed by atoms with E-state index in [4.69, 9.17) is 9.84 Å². The molecule has 0 spiro atoms. The first-order valence-electron chi connectivity index (χ1n) is 8.01. The SMILES string of the molecule is CC(C)Cc1cc(Oc2ccc(C(=O)O)cc2)ccc1C(C)C. The van der Waals surface area contributed by atoms with Gasteiger partial charge in [0.2, 0.25) is 0 Å². The average Bonchev–Trinajstić information content (AvgIpc) is 2.47. The lowest BCUT2D eigenvalue weighted by Gasteiger charge is -2.16. The molecular formula is C20H24O3. The molecule has 2 rings (SSSR count). The fourth-order valence-corrected chi connectivity index (χ4v) is 2.63. The van der Waals surface area contributed by atoms with E-state index in [0.29, 0.717) is 17.6 Å². The number of benzene rings is 2. The van der Waals surface area contributed by atoms with Crippen LogP contribution in [0.4, 0.5) is 0 Å². The van der Waals surface area contributed by atoms with E-state index in [1.165, 1.54) is 11.1 Å². The molecule has 0 aliphatic rings. The maximum Gasteiger partial charge on any atom is 0.335 e. The van der Waals surface area contributed by atoms with Crippen molar-refractivity contribution in [1.82, 2.24) is 0 Å². The lowest BCUT2D eigenvalue weighted by molar-refractivity contribution is 0.0697. The van der Waals surface area contributed by atoms with Crippen LogP contribution in [0.5, 0.6) is 11.5 Å². The molecule has 23 heavy (non-hydrogen) atoms.